The summed E-state index contributed by atoms with van der Waals surface area (Å²) in [7, 11) is 0. The van der Waals surface area contributed by atoms with Gasteiger partial charge in [-0.05, 0) is 36.2 Å². The summed E-state index contributed by atoms with van der Waals surface area (Å²) in [5.41, 5.74) is 2.03. The van der Waals surface area contributed by atoms with Crippen LogP contribution in [0, 0.1) is 0 Å². The lowest BCUT2D eigenvalue weighted by Crippen LogP contribution is -2.31. The molecule has 1 heterocycles. The van der Waals surface area contributed by atoms with Gasteiger partial charge >= 0.3 is 0 Å². The van der Waals surface area contributed by atoms with Crippen molar-refractivity contribution >= 4 is 40.1 Å². The number of hydrogen-bond acceptors (Lipinski definition) is 3. The molecule has 2 aromatic carbocycles. The van der Waals surface area contributed by atoms with Crippen molar-refractivity contribution < 1.29 is 4.79 Å². The quantitative estimate of drug-likeness (QED) is 0.843. The molecule has 0 spiro atoms. The zero-order valence-corrected chi connectivity index (χ0v) is 13.5. The fourth-order valence-electron chi connectivity index (χ4n) is 2.21. The Bertz CT molecular complexity index is 686. The maximum Gasteiger partial charge on any atom is 0.239 e. The molecule has 3 rings (SSSR count). The van der Waals surface area contributed by atoms with E-state index in [-0.39, 0.29) is 5.91 Å². The van der Waals surface area contributed by atoms with Crippen molar-refractivity contribution in [2.75, 3.05) is 12.3 Å². The number of amides is 1. The van der Waals surface area contributed by atoms with Crippen molar-refractivity contribution in [1.29, 1.82) is 0 Å². The van der Waals surface area contributed by atoms with E-state index in [0.717, 1.165) is 27.9 Å². The standard InChI is InChI=1S/C17H15ClN2OS/c18-14-8-6-13(7-9-14)10-11-20-16(21)12-22-17(20)19-15-4-2-1-3-5-15/h1-9H,10-12H2. The molecule has 1 saturated heterocycles. The third kappa shape index (κ3) is 3.70. The lowest BCUT2D eigenvalue weighted by atomic mass is 10.1. The van der Waals surface area contributed by atoms with E-state index in [4.69, 9.17) is 11.6 Å². The predicted molar refractivity (Wildman–Crippen MR) is 92.9 cm³/mol. The predicted octanol–water partition coefficient (Wildman–Crippen LogP) is 4.15. The second-order valence-electron chi connectivity index (χ2n) is 4.94. The summed E-state index contributed by atoms with van der Waals surface area (Å²) in [5, 5.41) is 1.51. The number of nitrogens with zero attached hydrogens (tertiary/aromatic N) is 2. The van der Waals surface area contributed by atoms with Crippen molar-refractivity contribution in [2.45, 2.75) is 6.42 Å². The van der Waals surface area contributed by atoms with E-state index in [1.54, 1.807) is 4.90 Å². The molecule has 1 aliphatic heterocycles. The number of aliphatic imine (C=N–C) groups is 1. The van der Waals surface area contributed by atoms with Crippen LogP contribution in [0.15, 0.2) is 59.6 Å². The van der Waals surface area contributed by atoms with Crippen LogP contribution in [0.4, 0.5) is 5.69 Å². The SMILES string of the molecule is O=C1CSC(=Nc2ccccc2)N1CCc1ccc(Cl)cc1. The number of amidine groups is 1. The number of rotatable bonds is 4. The second kappa shape index (κ2) is 6.99. The van der Waals surface area contributed by atoms with Crippen LogP contribution >= 0.6 is 23.4 Å². The third-order valence-electron chi connectivity index (χ3n) is 3.37. The minimum Gasteiger partial charge on any atom is -0.290 e. The zero-order chi connectivity index (χ0) is 15.4. The highest BCUT2D eigenvalue weighted by molar-refractivity contribution is 8.15. The molecule has 2 aromatic rings. The van der Waals surface area contributed by atoms with Gasteiger partial charge in [-0.25, -0.2) is 4.99 Å². The van der Waals surface area contributed by atoms with Crippen LogP contribution in [-0.2, 0) is 11.2 Å². The molecule has 0 unspecified atom stereocenters. The van der Waals surface area contributed by atoms with Gasteiger partial charge in [0.1, 0.15) is 0 Å². The summed E-state index contributed by atoms with van der Waals surface area (Å²) < 4.78 is 0. The van der Waals surface area contributed by atoms with E-state index >= 15 is 0 Å². The van der Waals surface area contributed by atoms with Crippen LogP contribution in [0.25, 0.3) is 0 Å². The summed E-state index contributed by atoms with van der Waals surface area (Å²) in [4.78, 5) is 18.4. The smallest absolute Gasteiger partial charge is 0.239 e. The summed E-state index contributed by atoms with van der Waals surface area (Å²) in [6.45, 7) is 0.638. The molecule has 0 atom stereocenters. The number of thioether (sulfide) groups is 1. The van der Waals surface area contributed by atoms with Gasteiger partial charge < -0.3 is 0 Å². The Balaban J connectivity index is 1.71. The minimum atomic E-state index is 0.119. The largest absolute Gasteiger partial charge is 0.290 e. The summed E-state index contributed by atoms with van der Waals surface area (Å²) in [6.07, 6.45) is 0.789. The fourth-order valence-corrected chi connectivity index (χ4v) is 3.26. The monoisotopic (exact) mass is 330 g/mol. The highest BCUT2D eigenvalue weighted by Crippen LogP contribution is 2.24. The Hall–Kier alpha value is -1.78. The van der Waals surface area contributed by atoms with Gasteiger partial charge in [-0.2, -0.15) is 0 Å². The summed E-state index contributed by atoms with van der Waals surface area (Å²) in [6, 6.07) is 17.4. The minimum absolute atomic E-state index is 0.119. The molecule has 0 aliphatic carbocycles. The Morgan fingerprint density at radius 3 is 2.55 bits per heavy atom. The van der Waals surface area contributed by atoms with Crippen molar-refractivity contribution in [2.24, 2.45) is 4.99 Å². The summed E-state index contributed by atoms with van der Waals surface area (Å²) >= 11 is 7.38. The second-order valence-corrected chi connectivity index (χ2v) is 6.32. The van der Waals surface area contributed by atoms with E-state index in [0.29, 0.717) is 12.3 Å². The average molecular weight is 331 g/mol. The first-order chi connectivity index (χ1) is 10.7. The first-order valence-corrected chi connectivity index (χ1v) is 8.40. The zero-order valence-electron chi connectivity index (χ0n) is 11.9. The Morgan fingerprint density at radius 1 is 1.09 bits per heavy atom. The van der Waals surface area contributed by atoms with Crippen LogP contribution in [-0.4, -0.2) is 28.3 Å². The van der Waals surface area contributed by atoms with Crippen LogP contribution in [0.1, 0.15) is 5.56 Å². The van der Waals surface area contributed by atoms with Gasteiger partial charge in [0.15, 0.2) is 5.17 Å². The first-order valence-electron chi connectivity index (χ1n) is 7.04. The molecule has 0 aromatic heterocycles. The van der Waals surface area contributed by atoms with Crippen molar-refractivity contribution in [3.05, 3.63) is 65.2 Å². The Morgan fingerprint density at radius 2 is 1.82 bits per heavy atom. The number of halogens is 1. The maximum atomic E-state index is 12.1. The third-order valence-corrected chi connectivity index (χ3v) is 4.59. The Labute approximate surface area is 139 Å². The molecule has 0 radical (unpaired) electrons. The van der Waals surface area contributed by atoms with E-state index in [2.05, 4.69) is 4.99 Å². The van der Waals surface area contributed by atoms with Crippen LogP contribution in [0.2, 0.25) is 5.02 Å². The normalized spacial score (nSPS) is 16.5. The molecule has 3 nitrogen and oxygen atoms in total. The number of para-hydroxylation sites is 1. The van der Waals surface area contributed by atoms with Gasteiger partial charge in [-0.15, -0.1) is 0 Å². The van der Waals surface area contributed by atoms with Gasteiger partial charge in [0.25, 0.3) is 0 Å². The summed E-state index contributed by atoms with van der Waals surface area (Å²) in [5.74, 6) is 0.584. The van der Waals surface area contributed by atoms with Crippen LogP contribution in [0.3, 0.4) is 0 Å². The number of carbonyl (C=O) groups is 1. The fraction of sp³-hybridized carbons (Fsp3) is 0.176. The van der Waals surface area contributed by atoms with Gasteiger partial charge in [0.2, 0.25) is 5.91 Å². The van der Waals surface area contributed by atoms with Gasteiger partial charge in [-0.1, -0.05) is 53.7 Å². The van der Waals surface area contributed by atoms with E-state index in [1.807, 2.05) is 54.6 Å². The number of hydrogen-bond donors (Lipinski definition) is 0. The topological polar surface area (TPSA) is 32.7 Å². The van der Waals surface area contributed by atoms with Crippen LogP contribution in [0.5, 0.6) is 0 Å². The molecule has 0 N–H and O–H groups in total. The molecule has 5 heteroatoms. The van der Waals surface area contributed by atoms with E-state index in [9.17, 15) is 4.79 Å². The van der Waals surface area contributed by atoms with Crippen molar-refractivity contribution in [3.8, 4) is 0 Å². The Kier molecular flexibility index (Phi) is 4.80. The number of carbonyl (C=O) groups excluding carboxylic acids is 1. The van der Waals surface area contributed by atoms with Crippen molar-refractivity contribution in [3.63, 3.8) is 0 Å². The van der Waals surface area contributed by atoms with Crippen LogP contribution < -0.4 is 0 Å². The van der Waals surface area contributed by atoms with E-state index < -0.39 is 0 Å². The molecule has 1 fully saturated rings. The molecule has 0 bridgehead atoms. The number of benzene rings is 2. The molecular weight excluding hydrogens is 316 g/mol. The highest BCUT2D eigenvalue weighted by Gasteiger charge is 2.27. The molecule has 22 heavy (non-hydrogen) atoms. The van der Waals surface area contributed by atoms with Crippen molar-refractivity contribution in [1.82, 2.24) is 4.90 Å². The molecular formula is C17H15ClN2OS. The molecule has 112 valence electrons. The van der Waals surface area contributed by atoms with E-state index in [1.165, 1.54) is 11.8 Å². The molecule has 0 saturated carbocycles. The highest BCUT2D eigenvalue weighted by atomic mass is 35.5. The lowest BCUT2D eigenvalue weighted by molar-refractivity contribution is -0.124. The van der Waals surface area contributed by atoms with Gasteiger partial charge in [0.05, 0.1) is 11.4 Å². The maximum absolute atomic E-state index is 12.1. The molecule has 1 aliphatic rings. The lowest BCUT2D eigenvalue weighted by Gasteiger charge is -2.16. The first kappa shape index (κ1) is 15.1. The van der Waals surface area contributed by atoms with Gasteiger partial charge in [0, 0.05) is 11.6 Å². The van der Waals surface area contributed by atoms with Gasteiger partial charge in [-0.3, -0.25) is 9.69 Å². The average Bonchev–Trinajstić information content (AvgIpc) is 2.88. The molecule has 1 amide bonds.